The summed E-state index contributed by atoms with van der Waals surface area (Å²) in [6.45, 7) is 10.8. The first-order chi connectivity index (χ1) is 12.7. The molecule has 8 heteroatoms. The van der Waals surface area contributed by atoms with Gasteiger partial charge in [-0.15, -0.1) is 5.10 Å². The maximum atomic E-state index is 5.18. The van der Waals surface area contributed by atoms with Gasteiger partial charge in [0.25, 0.3) is 0 Å². The summed E-state index contributed by atoms with van der Waals surface area (Å²) < 4.78 is 7.07. The number of pyridine rings is 1. The van der Waals surface area contributed by atoms with Crippen LogP contribution in [0.3, 0.4) is 0 Å². The Bertz CT molecular complexity index is 653. The Morgan fingerprint density at radius 3 is 2.65 bits per heavy atom. The average molecular weight is 359 g/mol. The molecule has 1 aliphatic heterocycles. The third kappa shape index (κ3) is 4.63. The molecule has 142 valence electrons. The monoisotopic (exact) mass is 359 g/mol. The van der Waals surface area contributed by atoms with E-state index in [1.54, 1.807) is 7.11 Å². The summed E-state index contributed by atoms with van der Waals surface area (Å²) in [4.78, 5) is 9.21. The standard InChI is InChI=1S/C18H29N7O/c1-15(2)17(18-20-21-22-25(18)11-12-26-3)24-9-7-23(8-10-24)14-16-5-4-6-19-13-16/h4-6,13,15,17H,7-12,14H2,1-3H3/t17-/m1/s1. The van der Waals surface area contributed by atoms with E-state index in [0.717, 1.165) is 38.5 Å². The number of rotatable bonds is 8. The number of piperazine rings is 1. The largest absolute Gasteiger partial charge is 0.383 e. The molecule has 0 saturated carbocycles. The number of ether oxygens (including phenoxy) is 1. The predicted molar refractivity (Wildman–Crippen MR) is 98.4 cm³/mol. The van der Waals surface area contributed by atoms with Crippen LogP contribution in [0.5, 0.6) is 0 Å². The molecule has 3 heterocycles. The second-order valence-corrected chi connectivity index (χ2v) is 7.12. The van der Waals surface area contributed by atoms with Crippen LogP contribution in [-0.2, 0) is 17.8 Å². The molecular weight excluding hydrogens is 330 g/mol. The van der Waals surface area contributed by atoms with Gasteiger partial charge in [-0.1, -0.05) is 19.9 Å². The summed E-state index contributed by atoms with van der Waals surface area (Å²) in [5, 5.41) is 12.4. The van der Waals surface area contributed by atoms with Crippen LogP contribution in [0.2, 0.25) is 0 Å². The Hall–Kier alpha value is -1.90. The predicted octanol–water partition coefficient (Wildman–Crippen LogP) is 1.23. The van der Waals surface area contributed by atoms with Gasteiger partial charge in [0.05, 0.1) is 19.2 Å². The Morgan fingerprint density at radius 1 is 1.19 bits per heavy atom. The van der Waals surface area contributed by atoms with E-state index in [-0.39, 0.29) is 6.04 Å². The lowest BCUT2D eigenvalue weighted by molar-refractivity contribution is 0.0651. The number of hydrogen-bond acceptors (Lipinski definition) is 7. The molecule has 1 fully saturated rings. The molecule has 1 saturated heterocycles. The summed E-state index contributed by atoms with van der Waals surface area (Å²) in [7, 11) is 1.70. The molecule has 0 spiro atoms. The highest BCUT2D eigenvalue weighted by molar-refractivity contribution is 5.08. The molecule has 2 aromatic heterocycles. The van der Waals surface area contributed by atoms with Crippen molar-refractivity contribution in [1.82, 2.24) is 35.0 Å². The number of aromatic nitrogens is 5. The van der Waals surface area contributed by atoms with Crippen LogP contribution in [0.4, 0.5) is 0 Å². The molecule has 0 radical (unpaired) electrons. The Balaban J connectivity index is 1.63. The van der Waals surface area contributed by atoms with Gasteiger partial charge in [-0.3, -0.25) is 14.8 Å². The van der Waals surface area contributed by atoms with Crippen molar-refractivity contribution in [3.8, 4) is 0 Å². The fourth-order valence-corrected chi connectivity index (χ4v) is 3.59. The van der Waals surface area contributed by atoms with Crippen LogP contribution >= 0.6 is 0 Å². The van der Waals surface area contributed by atoms with Gasteiger partial charge in [0, 0.05) is 52.2 Å². The molecule has 8 nitrogen and oxygen atoms in total. The summed E-state index contributed by atoms with van der Waals surface area (Å²) in [5.74, 6) is 1.38. The third-order valence-electron chi connectivity index (χ3n) is 4.89. The van der Waals surface area contributed by atoms with E-state index in [0.29, 0.717) is 19.1 Å². The van der Waals surface area contributed by atoms with Crippen molar-refractivity contribution in [2.24, 2.45) is 5.92 Å². The van der Waals surface area contributed by atoms with E-state index in [9.17, 15) is 0 Å². The van der Waals surface area contributed by atoms with Gasteiger partial charge in [-0.05, 0) is 28.0 Å². The first-order valence-electron chi connectivity index (χ1n) is 9.29. The van der Waals surface area contributed by atoms with Gasteiger partial charge in [-0.25, -0.2) is 4.68 Å². The number of tetrazole rings is 1. The van der Waals surface area contributed by atoms with Crippen LogP contribution in [0.1, 0.15) is 31.3 Å². The van der Waals surface area contributed by atoms with E-state index >= 15 is 0 Å². The van der Waals surface area contributed by atoms with Crippen molar-refractivity contribution >= 4 is 0 Å². The van der Waals surface area contributed by atoms with Crippen LogP contribution in [0.25, 0.3) is 0 Å². The van der Waals surface area contributed by atoms with Gasteiger partial charge in [0.15, 0.2) is 5.82 Å². The highest BCUT2D eigenvalue weighted by atomic mass is 16.5. The minimum Gasteiger partial charge on any atom is -0.383 e. The average Bonchev–Trinajstić information content (AvgIpc) is 3.10. The molecule has 0 amide bonds. The zero-order chi connectivity index (χ0) is 18.4. The van der Waals surface area contributed by atoms with E-state index in [2.05, 4.69) is 50.2 Å². The van der Waals surface area contributed by atoms with Gasteiger partial charge in [0.1, 0.15) is 0 Å². The summed E-state index contributed by atoms with van der Waals surface area (Å²) in [6.07, 6.45) is 3.77. The minimum atomic E-state index is 0.224. The van der Waals surface area contributed by atoms with Gasteiger partial charge < -0.3 is 4.74 Å². The second-order valence-electron chi connectivity index (χ2n) is 7.12. The van der Waals surface area contributed by atoms with E-state index in [1.807, 2.05) is 23.1 Å². The minimum absolute atomic E-state index is 0.224. The van der Waals surface area contributed by atoms with Crippen LogP contribution in [-0.4, -0.2) is 74.9 Å². The molecule has 1 aliphatic rings. The van der Waals surface area contributed by atoms with Crippen molar-refractivity contribution in [3.63, 3.8) is 0 Å². The van der Waals surface area contributed by atoms with Crippen molar-refractivity contribution in [3.05, 3.63) is 35.9 Å². The fourth-order valence-electron chi connectivity index (χ4n) is 3.59. The van der Waals surface area contributed by atoms with Crippen molar-refractivity contribution in [2.75, 3.05) is 39.9 Å². The highest BCUT2D eigenvalue weighted by Gasteiger charge is 2.31. The van der Waals surface area contributed by atoms with E-state index in [4.69, 9.17) is 4.74 Å². The molecule has 0 aliphatic carbocycles. The summed E-state index contributed by atoms with van der Waals surface area (Å²) in [5.41, 5.74) is 1.27. The number of nitrogens with zero attached hydrogens (tertiary/aromatic N) is 7. The number of methoxy groups -OCH3 is 1. The van der Waals surface area contributed by atoms with Gasteiger partial charge >= 0.3 is 0 Å². The lowest BCUT2D eigenvalue weighted by atomic mass is 10.0. The lowest BCUT2D eigenvalue weighted by Crippen LogP contribution is -2.48. The topological polar surface area (TPSA) is 72.2 Å². The Morgan fingerprint density at radius 2 is 2.00 bits per heavy atom. The summed E-state index contributed by atoms with van der Waals surface area (Å²) in [6, 6.07) is 4.36. The second kappa shape index (κ2) is 9.16. The normalized spacial score (nSPS) is 17.7. The van der Waals surface area contributed by atoms with Crippen molar-refractivity contribution in [2.45, 2.75) is 33.0 Å². The maximum absolute atomic E-state index is 5.18. The van der Waals surface area contributed by atoms with Gasteiger partial charge in [0.2, 0.25) is 0 Å². The molecule has 26 heavy (non-hydrogen) atoms. The van der Waals surface area contributed by atoms with E-state index < -0.39 is 0 Å². The lowest BCUT2D eigenvalue weighted by Gasteiger charge is -2.40. The Kier molecular flexibility index (Phi) is 6.65. The van der Waals surface area contributed by atoms with E-state index in [1.165, 1.54) is 5.56 Å². The smallest absolute Gasteiger partial charge is 0.168 e. The molecule has 0 N–H and O–H groups in total. The SMILES string of the molecule is COCCn1nnnc1[C@@H](C(C)C)N1CCN(Cc2cccnc2)CC1. The molecule has 2 aromatic rings. The van der Waals surface area contributed by atoms with Crippen molar-refractivity contribution < 1.29 is 4.74 Å². The highest BCUT2D eigenvalue weighted by Crippen LogP contribution is 2.28. The fraction of sp³-hybridized carbons (Fsp3) is 0.667. The van der Waals surface area contributed by atoms with Crippen LogP contribution < -0.4 is 0 Å². The zero-order valence-corrected chi connectivity index (χ0v) is 16.0. The summed E-state index contributed by atoms with van der Waals surface area (Å²) >= 11 is 0. The first kappa shape index (κ1) is 18.9. The molecule has 0 bridgehead atoms. The van der Waals surface area contributed by atoms with Crippen LogP contribution in [0.15, 0.2) is 24.5 Å². The number of hydrogen-bond donors (Lipinski definition) is 0. The van der Waals surface area contributed by atoms with Gasteiger partial charge in [-0.2, -0.15) is 0 Å². The van der Waals surface area contributed by atoms with Crippen LogP contribution in [0, 0.1) is 5.92 Å². The third-order valence-corrected chi connectivity index (χ3v) is 4.89. The Labute approximate surface area is 155 Å². The molecular formula is C18H29N7O. The molecule has 1 atom stereocenters. The zero-order valence-electron chi connectivity index (χ0n) is 16.0. The first-order valence-corrected chi connectivity index (χ1v) is 9.29. The molecule has 3 rings (SSSR count). The van der Waals surface area contributed by atoms with Crippen molar-refractivity contribution in [1.29, 1.82) is 0 Å². The maximum Gasteiger partial charge on any atom is 0.168 e. The molecule has 0 unspecified atom stereocenters. The molecule has 0 aromatic carbocycles. The quantitative estimate of drug-likeness (QED) is 0.702.